The smallest absolute Gasteiger partial charge is 0.310 e. The van der Waals surface area contributed by atoms with E-state index in [2.05, 4.69) is 29.1 Å². The van der Waals surface area contributed by atoms with Gasteiger partial charge in [0.15, 0.2) is 0 Å². The number of alkyl halides is 1. The van der Waals surface area contributed by atoms with Crippen molar-refractivity contribution in [2.24, 2.45) is 11.8 Å². The molecule has 2 amide bonds. The van der Waals surface area contributed by atoms with Crippen molar-refractivity contribution in [3.63, 3.8) is 0 Å². The van der Waals surface area contributed by atoms with Gasteiger partial charge in [0.1, 0.15) is 6.04 Å². The average Bonchev–Trinajstić information content (AvgIpc) is 3.51. The van der Waals surface area contributed by atoms with Gasteiger partial charge in [-0.15, -0.1) is 24.9 Å². The van der Waals surface area contributed by atoms with Gasteiger partial charge in [0, 0.05) is 29.8 Å². The van der Waals surface area contributed by atoms with Crippen molar-refractivity contribution in [1.82, 2.24) is 4.90 Å². The van der Waals surface area contributed by atoms with Crippen LogP contribution in [0.4, 0.5) is 5.69 Å². The molecule has 1 aromatic carbocycles. The molecule has 3 heterocycles. The summed E-state index contributed by atoms with van der Waals surface area (Å²) in [6.07, 6.45) is 7.58. The highest BCUT2D eigenvalue weighted by molar-refractivity contribution is 9.09. The molecule has 0 radical (unpaired) electrons. The molecule has 2 bridgehead atoms. The summed E-state index contributed by atoms with van der Waals surface area (Å²) >= 11 is 11.9. The first-order valence-electron chi connectivity index (χ1n) is 13.5. The molecule has 3 aliphatic rings. The van der Waals surface area contributed by atoms with Crippen LogP contribution >= 0.6 is 39.3 Å². The van der Waals surface area contributed by atoms with Crippen LogP contribution in [0.3, 0.4) is 0 Å². The SMILES string of the molecule is C=CCCCCOC(=O)[C@H]1[C@H]2C(=O)N(CCCCO)C(C(=O)N(CC=C)c3ccccc3Cl)C23CC(Br)[C@@H]1S3. The number of anilines is 1. The molecule has 10 heteroatoms. The number of fused-ring (bicyclic) bond motifs is 1. The number of carbonyl (C=O) groups excluding carboxylic acids is 3. The van der Waals surface area contributed by atoms with Gasteiger partial charge in [-0.1, -0.05) is 51.8 Å². The van der Waals surface area contributed by atoms with Gasteiger partial charge in [0.05, 0.1) is 33.9 Å². The molecule has 3 unspecified atom stereocenters. The van der Waals surface area contributed by atoms with Gasteiger partial charge in [-0.3, -0.25) is 14.4 Å². The van der Waals surface area contributed by atoms with E-state index in [9.17, 15) is 19.5 Å². The van der Waals surface area contributed by atoms with E-state index in [1.165, 1.54) is 0 Å². The van der Waals surface area contributed by atoms with Crippen LogP contribution < -0.4 is 4.90 Å². The monoisotopic (exact) mass is 638 g/mol. The number of carbonyl (C=O) groups is 3. The summed E-state index contributed by atoms with van der Waals surface area (Å²) in [6.45, 7) is 8.40. The van der Waals surface area contributed by atoms with Crippen LogP contribution in [0.1, 0.15) is 38.5 Å². The topological polar surface area (TPSA) is 87.1 Å². The Morgan fingerprint density at radius 1 is 1.23 bits per heavy atom. The molecule has 0 aliphatic carbocycles. The van der Waals surface area contributed by atoms with Crippen LogP contribution in [0, 0.1) is 11.8 Å². The Hall–Kier alpha value is -1.81. The summed E-state index contributed by atoms with van der Waals surface area (Å²) in [7, 11) is 0. The lowest BCUT2D eigenvalue weighted by Crippen LogP contribution is -2.55. The molecule has 6 atom stereocenters. The number of aliphatic hydroxyl groups excluding tert-OH is 1. The van der Waals surface area contributed by atoms with Gasteiger partial charge < -0.3 is 19.6 Å². The van der Waals surface area contributed by atoms with E-state index < -0.39 is 22.6 Å². The second-order valence-corrected chi connectivity index (χ2v) is 13.4. The summed E-state index contributed by atoms with van der Waals surface area (Å²) in [5.41, 5.74) is 0.551. The largest absolute Gasteiger partial charge is 0.465 e. The van der Waals surface area contributed by atoms with Crippen molar-refractivity contribution in [1.29, 1.82) is 0 Å². The Kier molecular flexibility index (Phi) is 10.2. The quantitative estimate of drug-likeness (QED) is 0.134. The Bertz CT molecular complexity index is 1110. The fourth-order valence-corrected chi connectivity index (χ4v) is 10.1. The highest BCUT2D eigenvalue weighted by Gasteiger charge is 2.76. The minimum absolute atomic E-state index is 0.00146. The zero-order chi connectivity index (χ0) is 28.2. The summed E-state index contributed by atoms with van der Waals surface area (Å²) in [5, 5.41) is 9.65. The number of aliphatic hydroxyl groups is 1. The standard InChI is InChI=1S/C29H36BrClN2O5S/c1-3-5-6-11-17-38-28(37)22-23-26(35)33(15-9-10-16-34)25(29(23)18-19(30)24(22)39-29)27(36)32(14-4-2)21-13-8-7-12-20(21)31/h3-4,7-8,12-13,19,22-25,34H,1-2,5-6,9-11,14-18H2/t19?,22-,23-,24-,25?,29?/m0/s1. The first kappa shape index (κ1) is 30.2. The second kappa shape index (κ2) is 13.2. The molecule has 212 valence electrons. The summed E-state index contributed by atoms with van der Waals surface area (Å²) in [5.74, 6) is -2.08. The predicted octanol–water partition coefficient (Wildman–Crippen LogP) is 5.00. The number of likely N-dealkylation sites (tertiary alicyclic amines) is 1. The van der Waals surface area contributed by atoms with E-state index in [0.29, 0.717) is 43.1 Å². The van der Waals surface area contributed by atoms with E-state index in [1.54, 1.807) is 45.8 Å². The molecule has 0 saturated carbocycles. The maximum atomic E-state index is 14.5. The van der Waals surface area contributed by atoms with Crippen molar-refractivity contribution in [2.75, 3.05) is 31.2 Å². The number of rotatable bonds is 14. The summed E-state index contributed by atoms with van der Waals surface area (Å²) < 4.78 is 4.91. The molecule has 1 N–H and O–H groups in total. The van der Waals surface area contributed by atoms with Crippen LogP contribution in [-0.4, -0.2) is 75.0 Å². The first-order chi connectivity index (χ1) is 18.8. The Morgan fingerprint density at radius 2 is 2.00 bits per heavy atom. The third kappa shape index (κ3) is 5.69. The number of esters is 1. The molecule has 0 aromatic heterocycles. The van der Waals surface area contributed by atoms with Crippen molar-refractivity contribution in [2.45, 2.75) is 59.4 Å². The average molecular weight is 640 g/mol. The van der Waals surface area contributed by atoms with Crippen molar-refractivity contribution < 1.29 is 24.2 Å². The molecule has 1 spiro atoms. The number of para-hydroxylation sites is 1. The number of hydrogen-bond donors (Lipinski definition) is 1. The number of benzene rings is 1. The van der Waals surface area contributed by atoms with Crippen molar-refractivity contribution in [3.8, 4) is 0 Å². The number of nitrogens with zero attached hydrogens (tertiary/aromatic N) is 2. The fourth-order valence-electron chi connectivity index (χ4n) is 6.23. The first-order valence-corrected chi connectivity index (χ1v) is 15.7. The van der Waals surface area contributed by atoms with Gasteiger partial charge in [-0.05, 0) is 50.7 Å². The minimum Gasteiger partial charge on any atom is -0.465 e. The molecule has 4 rings (SSSR count). The van der Waals surface area contributed by atoms with E-state index in [-0.39, 0.29) is 41.0 Å². The molecule has 1 aromatic rings. The van der Waals surface area contributed by atoms with Crippen molar-refractivity contribution in [3.05, 3.63) is 54.6 Å². The summed E-state index contributed by atoms with van der Waals surface area (Å²) in [6, 6.07) is 6.34. The third-order valence-electron chi connectivity index (χ3n) is 7.87. The molecule has 3 saturated heterocycles. The van der Waals surface area contributed by atoms with Crippen LogP contribution in [0.25, 0.3) is 0 Å². The lowest BCUT2D eigenvalue weighted by Gasteiger charge is -2.38. The lowest BCUT2D eigenvalue weighted by atomic mass is 9.71. The molecule has 3 fully saturated rings. The number of thioether (sulfide) groups is 1. The number of hydrogen-bond acceptors (Lipinski definition) is 6. The third-order valence-corrected chi connectivity index (χ3v) is 11.4. The van der Waals surface area contributed by atoms with E-state index in [0.717, 1.165) is 19.3 Å². The molecule has 7 nitrogen and oxygen atoms in total. The molecule has 3 aliphatic heterocycles. The highest BCUT2D eigenvalue weighted by Crippen LogP contribution is 2.68. The Morgan fingerprint density at radius 3 is 2.69 bits per heavy atom. The minimum atomic E-state index is -0.787. The Labute approximate surface area is 248 Å². The second-order valence-electron chi connectivity index (χ2n) is 10.3. The number of allylic oxidation sites excluding steroid dienone is 1. The molecular formula is C29H36BrClN2O5S. The number of unbranched alkanes of at least 4 members (excludes halogenated alkanes) is 3. The number of halogens is 2. The van der Waals surface area contributed by atoms with Gasteiger partial charge in [0.2, 0.25) is 5.91 Å². The van der Waals surface area contributed by atoms with E-state index >= 15 is 0 Å². The molecular weight excluding hydrogens is 604 g/mol. The van der Waals surface area contributed by atoms with E-state index in [4.69, 9.17) is 16.3 Å². The molecule has 39 heavy (non-hydrogen) atoms. The fraction of sp³-hybridized carbons (Fsp3) is 0.552. The maximum absolute atomic E-state index is 14.5. The van der Waals surface area contributed by atoms with Gasteiger partial charge in [0.25, 0.3) is 5.91 Å². The zero-order valence-electron chi connectivity index (χ0n) is 22.0. The summed E-state index contributed by atoms with van der Waals surface area (Å²) in [4.78, 5) is 45.2. The van der Waals surface area contributed by atoms with Crippen molar-refractivity contribution >= 4 is 62.8 Å². The van der Waals surface area contributed by atoms with Crippen LogP contribution in [0.5, 0.6) is 0 Å². The number of ether oxygens (including phenoxy) is 1. The van der Waals surface area contributed by atoms with Crippen LogP contribution in [-0.2, 0) is 19.1 Å². The van der Waals surface area contributed by atoms with Gasteiger partial charge >= 0.3 is 5.97 Å². The lowest BCUT2D eigenvalue weighted by molar-refractivity contribution is -0.154. The van der Waals surface area contributed by atoms with Gasteiger partial charge in [-0.25, -0.2) is 0 Å². The predicted molar refractivity (Wildman–Crippen MR) is 159 cm³/mol. The van der Waals surface area contributed by atoms with Crippen LogP contribution in [0.15, 0.2) is 49.6 Å². The zero-order valence-corrected chi connectivity index (χ0v) is 25.1. The van der Waals surface area contributed by atoms with Crippen LogP contribution in [0.2, 0.25) is 5.02 Å². The Balaban J connectivity index is 1.69. The van der Waals surface area contributed by atoms with E-state index in [1.807, 2.05) is 12.1 Å². The normalized spacial score (nSPS) is 28.8. The highest BCUT2D eigenvalue weighted by atomic mass is 79.9. The van der Waals surface area contributed by atoms with Gasteiger partial charge in [-0.2, -0.15) is 0 Å². The maximum Gasteiger partial charge on any atom is 0.310 e. The number of amides is 2.